The van der Waals surface area contributed by atoms with E-state index in [0.29, 0.717) is 12.0 Å². The van der Waals surface area contributed by atoms with Crippen LogP contribution < -0.4 is 0 Å². The lowest BCUT2D eigenvalue weighted by molar-refractivity contribution is -0.151. The Morgan fingerprint density at radius 2 is 1.71 bits per heavy atom. The van der Waals surface area contributed by atoms with E-state index in [1.807, 2.05) is 0 Å². The number of hydrogen-bond donors (Lipinski definition) is 1. The van der Waals surface area contributed by atoms with Crippen LogP contribution in [-0.4, -0.2) is 23.3 Å². The van der Waals surface area contributed by atoms with E-state index in [4.69, 9.17) is 4.74 Å². The van der Waals surface area contributed by atoms with Crippen LogP contribution in [0.5, 0.6) is 0 Å². The lowest BCUT2D eigenvalue weighted by atomic mass is 9.67. The Hall–Kier alpha value is -0.570. The van der Waals surface area contributed by atoms with Crippen LogP contribution in [0.15, 0.2) is 0 Å². The number of esters is 1. The molecule has 0 aliphatic heterocycles. The largest absolute Gasteiger partial charge is 0.466 e. The van der Waals surface area contributed by atoms with Crippen molar-refractivity contribution in [3.63, 3.8) is 0 Å². The van der Waals surface area contributed by atoms with Crippen molar-refractivity contribution in [2.45, 2.75) is 70.3 Å². The van der Waals surface area contributed by atoms with E-state index in [9.17, 15) is 9.90 Å². The minimum absolute atomic E-state index is 0.178. The molecule has 17 heavy (non-hydrogen) atoms. The molecule has 1 spiro atoms. The molecule has 2 aliphatic rings. The number of ether oxygens (including phenoxy) is 1. The predicted octanol–water partition coefficient (Wildman–Crippen LogP) is 2.81. The highest BCUT2D eigenvalue weighted by molar-refractivity contribution is 5.70. The molecule has 2 fully saturated rings. The maximum absolute atomic E-state index is 11.4. The van der Waals surface area contributed by atoms with Gasteiger partial charge in [-0.3, -0.25) is 4.79 Å². The molecule has 2 saturated carbocycles. The molecule has 0 heterocycles. The summed E-state index contributed by atoms with van der Waals surface area (Å²) < 4.78 is 4.93. The minimum atomic E-state index is -0.792. The van der Waals surface area contributed by atoms with Gasteiger partial charge in [0.25, 0.3) is 0 Å². The first-order chi connectivity index (χ1) is 8.08. The molecular formula is C14H24O3. The Kier molecular flexibility index (Phi) is 3.76. The summed E-state index contributed by atoms with van der Waals surface area (Å²) in [5.41, 5.74) is -0.291. The summed E-state index contributed by atoms with van der Waals surface area (Å²) in [5.74, 6) is -0.252. The van der Waals surface area contributed by atoms with Crippen molar-refractivity contribution in [1.29, 1.82) is 0 Å². The van der Waals surface area contributed by atoms with Gasteiger partial charge in [0.15, 0.2) is 0 Å². The molecule has 98 valence electrons. The normalized spacial score (nSPS) is 26.0. The van der Waals surface area contributed by atoms with Crippen molar-refractivity contribution in [1.82, 2.24) is 0 Å². The molecule has 0 aromatic rings. The molecule has 0 bridgehead atoms. The molecule has 0 saturated heterocycles. The number of aliphatic hydroxyl groups is 1. The van der Waals surface area contributed by atoms with Gasteiger partial charge in [0.05, 0.1) is 18.6 Å². The summed E-state index contributed by atoms with van der Waals surface area (Å²) in [6.07, 6.45) is 9.22. The zero-order valence-corrected chi connectivity index (χ0v) is 10.8. The van der Waals surface area contributed by atoms with Crippen molar-refractivity contribution in [3.8, 4) is 0 Å². The van der Waals surface area contributed by atoms with Gasteiger partial charge in [-0.05, 0) is 50.9 Å². The molecular weight excluding hydrogens is 216 g/mol. The van der Waals surface area contributed by atoms with Crippen LogP contribution in [-0.2, 0) is 9.53 Å². The zero-order chi connectivity index (χ0) is 12.4. The van der Waals surface area contributed by atoms with Crippen molar-refractivity contribution in [2.24, 2.45) is 5.41 Å². The lowest BCUT2D eigenvalue weighted by Crippen LogP contribution is -2.40. The second-order valence-corrected chi connectivity index (χ2v) is 5.91. The van der Waals surface area contributed by atoms with Gasteiger partial charge >= 0.3 is 5.97 Å². The Morgan fingerprint density at radius 3 is 2.24 bits per heavy atom. The summed E-state index contributed by atoms with van der Waals surface area (Å²) in [6, 6.07) is 0. The number of hydrogen-bond acceptors (Lipinski definition) is 3. The summed E-state index contributed by atoms with van der Waals surface area (Å²) >= 11 is 0. The van der Waals surface area contributed by atoms with Gasteiger partial charge in [0.2, 0.25) is 0 Å². The smallest absolute Gasteiger partial charge is 0.308 e. The van der Waals surface area contributed by atoms with Crippen LogP contribution in [0.2, 0.25) is 0 Å². The molecule has 0 aromatic heterocycles. The van der Waals surface area contributed by atoms with Crippen LogP contribution in [0.4, 0.5) is 0 Å². The topological polar surface area (TPSA) is 46.5 Å². The van der Waals surface area contributed by atoms with Crippen LogP contribution in [0, 0.1) is 5.41 Å². The SMILES string of the molecule is CCOC(=O)CC1(O)CCC2(CCCC2)CC1. The van der Waals surface area contributed by atoms with Crippen molar-refractivity contribution in [2.75, 3.05) is 6.61 Å². The van der Waals surface area contributed by atoms with Gasteiger partial charge in [-0.2, -0.15) is 0 Å². The Bertz CT molecular complexity index is 269. The van der Waals surface area contributed by atoms with Crippen LogP contribution in [0.3, 0.4) is 0 Å². The quantitative estimate of drug-likeness (QED) is 0.772. The predicted molar refractivity (Wildman–Crippen MR) is 65.6 cm³/mol. The molecule has 0 aromatic carbocycles. The number of carbonyl (C=O) groups is 1. The zero-order valence-electron chi connectivity index (χ0n) is 10.8. The Labute approximate surface area is 104 Å². The molecule has 0 amide bonds. The average molecular weight is 240 g/mol. The average Bonchev–Trinajstić information content (AvgIpc) is 2.73. The third kappa shape index (κ3) is 3.01. The summed E-state index contributed by atoms with van der Waals surface area (Å²) in [4.78, 5) is 11.4. The highest BCUT2D eigenvalue weighted by Gasteiger charge is 2.43. The summed E-state index contributed by atoms with van der Waals surface area (Å²) in [6.45, 7) is 2.20. The van der Waals surface area contributed by atoms with E-state index >= 15 is 0 Å². The maximum atomic E-state index is 11.4. The van der Waals surface area contributed by atoms with Crippen molar-refractivity contribution in [3.05, 3.63) is 0 Å². The third-order valence-electron chi connectivity index (χ3n) is 4.68. The molecule has 0 unspecified atom stereocenters. The molecule has 2 aliphatic carbocycles. The molecule has 3 nitrogen and oxygen atoms in total. The van der Waals surface area contributed by atoms with Gasteiger partial charge in [-0.1, -0.05) is 12.8 Å². The van der Waals surface area contributed by atoms with E-state index in [0.717, 1.165) is 25.7 Å². The van der Waals surface area contributed by atoms with Crippen molar-refractivity contribution >= 4 is 5.97 Å². The van der Waals surface area contributed by atoms with Gasteiger partial charge in [0, 0.05) is 0 Å². The second-order valence-electron chi connectivity index (χ2n) is 5.91. The Morgan fingerprint density at radius 1 is 1.12 bits per heavy atom. The van der Waals surface area contributed by atoms with Crippen molar-refractivity contribution < 1.29 is 14.6 Å². The van der Waals surface area contributed by atoms with Gasteiger partial charge < -0.3 is 9.84 Å². The van der Waals surface area contributed by atoms with Crippen LogP contribution in [0.25, 0.3) is 0 Å². The summed E-state index contributed by atoms with van der Waals surface area (Å²) in [5, 5.41) is 10.4. The molecule has 2 rings (SSSR count). The van der Waals surface area contributed by atoms with Crippen LogP contribution >= 0.6 is 0 Å². The monoisotopic (exact) mass is 240 g/mol. The molecule has 0 radical (unpaired) electrons. The first kappa shape index (κ1) is 12.9. The third-order valence-corrected chi connectivity index (χ3v) is 4.68. The van der Waals surface area contributed by atoms with Gasteiger partial charge in [-0.25, -0.2) is 0 Å². The fourth-order valence-corrected chi connectivity index (χ4v) is 3.53. The van der Waals surface area contributed by atoms with Gasteiger partial charge in [-0.15, -0.1) is 0 Å². The van der Waals surface area contributed by atoms with Gasteiger partial charge in [0.1, 0.15) is 0 Å². The second kappa shape index (κ2) is 4.97. The Balaban J connectivity index is 1.86. The van der Waals surface area contributed by atoms with E-state index in [-0.39, 0.29) is 12.4 Å². The number of carbonyl (C=O) groups excluding carboxylic acids is 1. The maximum Gasteiger partial charge on any atom is 0.308 e. The highest BCUT2D eigenvalue weighted by atomic mass is 16.5. The first-order valence-electron chi connectivity index (χ1n) is 6.96. The van der Waals surface area contributed by atoms with E-state index in [1.165, 1.54) is 25.7 Å². The standard InChI is InChI=1S/C14H24O3/c1-2-17-12(15)11-14(16)9-7-13(8-10-14)5-3-4-6-13/h16H,2-11H2,1H3. The number of rotatable bonds is 3. The lowest BCUT2D eigenvalue weighted by Gasteiger charge is -2.41. The molecule has 1 N–H and O–H groups in total. The fourth-order valence-electron chi connectivity index (χ4n) is 3.53. The fraction of sp³-hybridized carbons (Fsp3) is 0.929. The van der Waals surface area contributed by atoms with Crippen LogP contribution in [0.1, 0.15) is 64.7 Å². The van der Waals surface area contributed by atoms with E-state index in [1.54, 1.807) is 6.92 Å². The van der Waals surface area contributed by atoms with E-state index < -0.39 is 5.60 Å². The molecule has 3 heteroatoms. The molecule has 0 atom stereocenters. The highest BCUT2D eigenvalue weighted by Crippen LogP contribution is 2.51. The summed E-state index contributed by atoms with van der Waals surface area (Å²) in [7, 11) is 0. The van der Waals surface area contributed by atoms with E-state index in [2.05, 4.69) is 0 Å². The minimum Gasteiger partial charge on any atom is -0.466 e. The first-order valence-corrected chi connectivity index (χ1v) is 6.96.